The highest BCUT2D eigenvalue weighted by Gasteiger charge is 2.33. The monoisotopic (exact) mass is 274 g/mol. The zero-order valence-electron chi connectivity index (χ0n) is 11.9. The standard InChI is InChI=1S/C16H22N2S/c1-4-16(5-2,13-9-7-6-8-10-13)15-18-14(11-17-3)12-19-15/h6-10,12,17H,4-5,11H2,1-3H3. The minimum absolute atomic E-state index is 0.0674. The number of benzene rings is 1. The van der Waals surface area contributed by atoms with E-state index in [1.807, 2.05) is 7.05 Å². The molecule has 0 fully saturated rings. The van der Waals surface area contributed by atoms with Gasteiger partial charge in [-0.05, 0) is 25.5 Å². The second-order valence-electron chi connectivity index (χ2n) is 4.83. The van der Waals surface area contributed by atoms with E-state index in [-0.39, 0.29) is 5.41 Å². The SMILES string of the molecule is CCC(CC)(c1ccccc1)c1nc(CNC)cs1. The molecule has 0 amide bonds. The number of thiazole rings is 1. The summed E-state index contributed by atoms with van der Waals surface area (Å²) in [5.41, 5.74) is 2.59. The fourth-order valence-corrected chi connectivity index (χ4v) is 3.82. The van der Waals surface area contributed by atoms with Crippen LogP contribution >= 0.6 is 11.3 Å². The van der Waals surface area contributed by atoms with Gasteiger partial charge < -0.3 is 5.32 Å². The Morgan fingerprint density at radius 1 is 1.16 bits per heavy atom. The van der Waals surface area contributed by atoms with Gasteiger partial charge >= 0.3 is 0 Å². The van der Waals surface area contributed by atoms with E-state index in [4.69, 9.17) is 4.98 Å². The average molecular weight is 274 g/mol. The Hall–Kier alpha value is -1.19. The van der Waals surface area contributed by atoms with Crippen LogP contribution in [0, 0.1) is 0 Å². The fraction of sp³-hybridized carbons (Fsp3) is 0.438. The minimum Gasteiger partial charge on any atom is -0.314 e. The number of hydrogen-bond donors (Lipinski definition) is 1. The minimum atomic E-state index is 0.0674. The van der Waals surface area contributed by atoms with Crippen molar-refractivity contribution in [3.63, 3.8) is 0 Å². The second-order valence-corrected chi connectivity index (χ2v) is 5.69. The van der Waals surface area contributed by atoms with Gasteiger partial charge in [0.05, 0.1) is 5.69 Å². The zero-order chi connectivity index (χ0) is 13.7. The molecule has 1 N–H and O–H groups in total. The topological polar surface area (TPSA) is 24.9 Å². The molecule has 102 valence electrons. The Balaban J connectivity index is 2.43. The van der Waals surface area contributed by atoms with Gasteiger partial charge in [0, 0.05) is 17.3 Å². The van der Waals surface area contributed by atoms with Crippen LogP contribution in [0.1, 0.15) is 43.0 Å². The molecule has 2 nitrogen and oxygen atoms in total. The van der Waals surface area contributed by atoms with Crippen molar-refractivity contribution < 1.29 is 0 Å². The molecule has 0 spiro atoms. The van der Waals surface area contributed by atoms with Crippen LogP contribution in [0.25, 0.3) is 0 Å². The van der Waals surface area contributed by atoms with Crippen LogP contribution in [-0.4, -0.2) is 12.0 Å². The van der Waals surface area contributed by atoms with E-state index >= 15 is 0 Å². The quantitative estimate of drug-likeness (QED) is 0.862. The molecule has 0 radical (unpaired) electrons. The molecule has 0 aliphatic heterocycles. The van der Waals surface area contributed by atoms with Crippen LogP contribution in [-0.2, 0) is 12.0 Å². The lowest BCUT2D eigenvalue weighted by molar-refractivity contribution is 0.474. The molecule has 2 rings (SSSR count). The van der Waals surface area contributed by atoms with Crippen molar-refractivity contribution in [2.24, 2.45) is 0 Å². The van der Waals surface area contributed by atoms with E-state index in [1.165, 1.54) is 10.6 Å². The van der Waals surface area contributed by atoms with Crippen LogP contribution in [0.15, 0.2) is 35.7 Å². The molecule has 0 saturated heterocycles. The molecule has 0 aliphatic rings. The third kappa shape index (κ3) is 2.72. The molecule has 1 aromatic carbocycles. The van der Waals surface area contributed by atoms with Gasteiger partial charge in [-0.2, -0.15) is 0 Å². The molecule has 1 aromatic heterocycles. The van der Waals surface area contributed by atoms with E-state index < -0.39 is 0 Å². The smallest absolute Gasteiger partial charge is 0.103 e. The highest BCUT2D eigenvalue weighted by Crippen LogP contribution is 2.40. The van der Waals surface area contributed by atoms with E-state index in [2.05, 4.69) is 54.9 Å². The van der Waals surface area contributed by atoms with Crippen LogP contribution in [0.5, 0.6) is 0 Å². The van der Waals surface area contributed by atoms with Crippen LogP contribution in [0.3, 0.4) is 0 Å². The first kappa shape index (κ1) is 14.2. The highest BCUT2D eigenvalue weighted by molar-refractivity contribution is 7.09. The predicted octanol–water partition coefficient (Wildman–Crippen LogP) is 3.97. The highest BCUT2D eigenvalue weighted by atomic mass is 32.1. The summed E-state index contributed by atoms with van der Waals surface area (Å²) in [6.45, 7) is 5.36. The van der Waals surface area contributed by atoms with Gasteiger partial charge in [-0.3, -0.25) is 0 Å². The molecular weight excluding hydrogens is 252 g/mol. The molecule has 0 aliphatic carbocycles. The first-order valence-corrected chi connectivity index (χ1v) is 7.79. The summed E-state index contributed by atoms with van der Waals surface area (Å²) < 4.78 is 0. The molecule has 2 aromatic rings. The Morgan fingerprint density at radius 3 is 2.42 bits per heavy atom. The van der Waals surface area contributed by atoms with Crippen molar-refractivity contribution in [2.75, 3.05) is 7.05 Å². The molecule has 0 saturated carbocycles. The van der Waals surface area contributed by atoms with E-state index in [0.717, 1.165) is 25.1 Å². The third-order valence-electron chi connectivity index (χ3n) is 3.85. The van der Waals surface area contributed by atoms with E-state index in [0.29, 0.717) is 0 Å². The Kier molecular flexibility index (Phi) is 4.72. The van der Waals surface area contributed by atoms with Crippen LogP contribution in [0.4, 0.5) is 0 Å². The summed E-state index contributed by atoms with van der Waals surface area (Å²) in [5.74, 6) is 0. The van der Waals surface area contributed by atoms with E-state index in [1.54, 1.807) is 11.3 Å². The molecule has 0 bridgehead atoms. The summed E-state index contributed by atoms with van der Waals surface area (Å²) >= 11 is 1.79. The maximum absolute atomic E-state index is 4.85. The number of aromatic nitrogens is 1. The first-order valence-electron chi connectivity index (χ1n) is 6.91. The number of rotatable bonds is 6. The van der Waals surface area contributed by atoms with E-state index in [9.17, 15) is 0 Å². The summed E-state index contributed by atoms with van der Waals surface area (Å²) in [5, 5.41) is 6.59. The number of nitrogens with one attached hydrogen (secondary N) is 1. The predicted molar refractivity (Wildman–Crippen MR) is 82.7 cm³/mol. The van der Waals surface area contributed by atoms with Gasteiger partial charge in [0.2, 0.25) is 0 Å². The molecule has 3 heteroatoms. The van der Waals surface area contributed by atoms with Crippen molar-refractivity contribution in [3.05, 3.63) is 52.0 Å². The lowest BCUT2D eigenvalue weighted by Gasteiger charge is -2.30. The third-order valence-corrected chi connectivity index (χ3v) is 4.95. The van der Waals surface area contributed by atoms with Crippen LogP contribution in [0.2, 0.25) is 0 Å². The van der Waals surface area contributed by atoms with Crippen molar-refractivity contribution in [1.82, 2.24) is 10.3 Å². The van der Waals surface area contributed by atoms with Gasteiger partial charge in [-0.25, -0.2) is 4.98 Å². The van der Waals surface area contributed by atoms with Gasteiger partial charge in [0.1, 0.15) is 5.01 Å². The Morgan fingerprint density at radius 2 is 1.84 bits per heavy atom. The van der Waals surface area contributed by atoms with Gasteiger partial charge in [0.25, 0.3) is 0 Å². The van der Waals surface area contributed by atoms with Gasteiger partial charge in [0.15, 0.2) is 0 Å². The molecule has 19 heavy (non-hydrogen) atoms. The van der Waals surface area contributed by atoms with Gasteiger partial charge in [-0.1, -0.05) is 44.2 Å². The van der Waals surface area contributed by atoms with Crippen molar-refractivity contribution in [3.8, 4) is 0 Å². The lowest BCUT2D eigenvalue weighted by Crippen LogP contribution is -2.26. The Bertz CT molecular complexity index is 500. The first-order chi connectivity index (χ1) is 9.26. The maximum Gasteiger partial charge on any atom is 0.103 e. The zero-order valence-corrected chi connectivity index (χ0v) is 12.8. The molecule has 0 unspecified atom stereocenters. The maximum atomic E-state index is 4.85. The summed E-state index contributed by atoms with van der Waals surface area (Å²) in [6.07, 6.45) is 2.17. The fourth-order valence-electron chi connectivity index (χ4n) is 2.63. The summed E-state index contributed by atoms with van der Waals surface area (Å²) in [7, 11) is 1.96. The molecule has 0 atom stereocenters. The summed E-state index contributed by atoms with van der Waals surface area (Å²) in [4.78, 5) is 4.85. The second kappa shape index (κ2) is 6.31. The number of nitrogens with zero attached hydrogens (tertiary/aromatic N) is 1. The normalized spacial score (nSPS) is 11.7. The van der Waals surface area contributed by atoms with Crippen molar-refractivity contribution >= 4 is 11.3 Å². The van der Waals surface area contributed by atoms with Crippen molar-refractivity contribution in [1.29, 1.82) is 0 Å². The molecular formula is C16H22N2S. The van der Waals surface area contributed by atoms with Crippen molar-refractivity contribution in [2.45, 2.75) is 38.6 Å². The Labute approximate surface area is 119 Å². The van der Waals surface area contributed by atoms with Gasteiger partial charge in [-0.15, -0.1) is 11.3 Å². The lowest BCUT2D eigenvalue weighted by atomic mass is 9.76. The molecule has 1 heterocycles. The summed E-state index contributed by atoms with van der Waals surface area (Å²) in [6, 6.07) is 10.8. The van der Waals surface area contributed by atoms with Crippen LogP contribution < -0.4 is 5.32 Å². The number of hydrogen-bond acceptors (Lipinski definition) is 3. The average Bonchev–Trinajstić information content (AvgIpc) is 2.92. The largest absolute Gasteiger partial charge is 0.314 e.